The molecule has 1 atom stereocenters. The zero-order chi connectivity index (χ0) is 22.4. The van der Waals surface area contributed by atoms with Crippen LogP contribution >= 0.6 is 0 Å². The van der Waals surface area contributed by atoms with Gasteiger partial charge in [0.1, 0.15) is 5.75 Å². The number of hydrogen-bond donors (Lipinski definition) is 1. The van der Waals surface area contributed by atoms with E-state index in [0.717, 1.165) is 23.3 Å². The van der Waals surface area contributed by atoms with Crippen LogP contribution in [0.25, 0.3) is 0 Å². The molecule has 0 saturated carbocycles. The Morgan fingerprint density at radius 2 is 1.74 bits per heavy atom. The van der Waals surface area contributed by atoms with Crippen molar-refractivity contribution in [2.45, 2.75) is 33.2 Å². The molecule has 2 amide bonds. The van der Waals surface area contributed by atoms with Crippen LogP contribution < -0.4 is 10.1 Å². The normalized spacial score (nSPS) is 15.4. The summed E-state index contributed by atoms with van der Waals surface area (Å²) in [6.07, 6.45) is 1.01. The lowest BCUT2D eigenvalue weighted by Crippen LogP contribution is -2.51. The summed E-state index contributed by atoms with van der Waals surface area (Å²) in [5.41, 5.74) is 4.04. The fourth-order valence-electron chi connectivity index (χ4n) is 3.86. The summed E-state index contributed by atoms with van der Waals surface area (Å²) >= 11 is 0. The highest BCUT2D eigenvalue weighted by Gasteiger charge is 2.24. The van der Waals surface area contributed by atoms with Gasteiger partial charge >= 0.3 is 0 Å². The Hall–Kier alpha value is -2.86. The van der Waals surface area contributed by atoms with E-state index in [1.54, 1.807) is 13.2 Å². The number of benzene rings is 2. The second-order valence-electron chi connectivity index (χ2n) is 8.14. The number of carbonyl (C=O) groups is 2. The number of aryl methyl sites for hydroxylation is 2. The van der Waals surface area contributed by atoms with E-state index >= 15 is 0 Å². The van der Waals surface area contributed by atoms with Crippen molar-refractivity contribution in [1.82, 2.24) is 15.1 Å². The Morgan fingerprint density at radius 1 is 1.06 bits per heavy atom. The van der Waals surface area contributed by atoms with Gasteiger partial charge in [0.05, 0.1) is 19.7 Å². The Labute approximate surface area is 185 Å². The van der Waals surface area contributed by atoms with Gasteiger partial charge in [-0.25, -0.2) is 0 Å². The van der Waals surface area contributed by atoms with E-state index in [1.165, 1.54) is 5.56 Å². The third-order valence-corrected chi connectivity index (χ3v) is 5.95. The maximum absolute atomic E-state index is 12.8. The van der Waals surface area contributed by atoms with Gasteiger partial charge in [0, 0.05) is 31.7 Å². The van der Waals surface area contributed by atoms with Gasteiger partial charge in [0.25, 0.3) is 5.91 Å². The number of ether oxygens (including phenoxy) is 1. The predicted molar refractivity (Wildman–Crippen MR) is 122 cm³/mol. The van der Waals surface area contributed by atoms with Crippen molar-refractivity contribution in [2.24, 2.45) is 0 Å². The molecule has 1 aliphatic rings. The molecule has 2 aromatic rings. The molecule has 1 N–H and O–H groups in total. The summed E-state index contributed by atoms with van der Waals surface area (Å²) in [4.78, 5) is 29.3. The average molecular weight is 424 g/mol. The molecule has 0 aliphatic carbocycles. The van der Waals surface area contributed by atoms with Crippen LogP contribution in [0, 0.1) is 6.92 Å². The summed E-state index contributed by atoms with van der Waals surface area (Å²) in [5.74, 6) is 0.737. The fourth-order valence-corrected chi connectivity index (χ4v) is 3.86. The van der Waals surface area contributed by atoms with Crippen LogP contribution in [0.2, 0.25) is 0 Å². The number of hydrogen-bond acceptors (Lipinski definition) is 4. The van der Waals surface area contributed by atoms with E-state index < -0.39 is 0 Å². The van der Waals surface area contributed by atoms with E-state index in [1.807, 2.05) is 30.9 Å². The second kappa shape index (κ2) is 10.4. The molecule has 0 spiro atoms. The molecule has 6 heteroatoms. The molecule has 3 rings (SSSR count). The average Bonchev–Trinajstić information content (AvgIpc) is 2.79. The van der Waals surface area contributed by atoms with E-state index in [-0.39, 0.29) is 17.9 Å². The largest absolute Gasteiger partial charge is 0.496 e. The van der Waals surface area contributed by atoms with Crippen molar-refractivity contribution in [2.75, 3.05) is 39.8 Å². The molecule has 2 aromatic carbocycles. The van der Waals surface area contributed by atoms with Crippen molar-refractivity contribution in [3.05, 3.63) is 64.7 Å². The number of carbonyl (C=O) groups excluding carboxylic acids is 2. The molecule has 1 unspecified atom stereocenters. The number of nitrogens with one attached hydrogen (secondary N) is 1. The highest BCUT2D eigenvalue weighted by atomic mass is 16.5. The van der Waals surface area contributed by atoms with Crippen molar-refractivity contribution < 1.29 is 14.3 Å². The van der Waals surface area contributed by atoms with Gasteiger partial charge in [-0.15, -0.1) is 0 Å². The zero-order valence-corrected chi connectivity index (χ0v) is 19.0. The Morgan fingerprint density at radius 3 is 2.35 bits per heavy atom. The standard InChI is InChI=1S/C25H33N3O3/c1-5-20-7-10-21(11-8-20)19(3)26-24(29)17-27-12-14-28(15-13-27)25(30)22-9-6-18(2)23(16-22)31-4/h6-11,16,19H,5,12-15,17H2,1-4H3,(H,26,29). The number of amides is 2. The van der Waals surface area contributed by atoms with E-state index in [2.05, 4.69) is 41.4 Å². The number of rotatable bonds is 7. The zero-order valence-electron chi connectivity index (χ0n) is 19.0. The van der Waals surface area contributed by atoms with Crippen LogP contribution in [0.4, 0.5) is 0 Å². The maximum atomic E-state index is 12.8. The summed E-state index contributed by atoms with van der Waals surface area (Å²) in [7, 11) is 1.61. The highest BCUT2D eigenvalue weighted by molar-refractivity contribution is 5.94. The Bertz CT molecular complexity index is 903. The van der Waals surface area contributed by atoms with Gasteiger partial charge in [0.15, 0.2) is 0 Å². The third-order valence-electron chi connectivity index (χ3n) is 5.95. The summed E-state index contributed by atoms with van der Waals surface area (Å²) in [6, 6.07) is 13.9. The SMILES string of the molecule is CCc1ccc(C(C)NC(=O)CN2CCN(C(=O)c3ccc(C)c(OC)c3)CC2)cc1. The fraction of sp³-hybridized carbons (Fsp3) is 0.440. The topological polar surface area (TPSA) is 61.9 Å². The van der Waals surface area contributed by atoms with Gasteiger partial charge in [-0.2, -0.15) is 0 Å². The summed E-state index contributed by atoms with van der Waals surface area (Å²) in [5, 5.41) is 3.08. The quantitative estimate of drug-likeness (QED) is 0.743. The van der Waals surface area contributed by atoms with E-state index in [0.29, 0.717) is 38.3 Å². The first-order chi connectivity index (χ1) is 14.9. The molecule has 0 radical (unpaired) electrons. The number of nitrogens with zero attached hydrogens (tertiary/aromatic N) is 2. The molecule has 0 aromatic heterocycles. The van der Waals surface area contributed by atoms with Crippen molar-refractivity contribution >= 4 is 11.8 Å². The predicted octanol–water partition coefficient (Wildman–Crippen LogP) is 3.20. The maximum Gasteiger partial charge on any atom is 0.254 e. The summed E-state index contributed by atoms with van der Waals surface area (Å²) in [6.45, 7) is 9.02. The van der Waals surface area contributed by atoms with Crippen LogP contribution in [0.1, 0.15) is 46.9 Å². The van der Waals surface area contributed by atoms with Crippen LogP contribution in [0.5, 0.6) is 5.75 Å². The third kappa shape index (κ3) is 5.85. The first-order valence-corrected chi connectivity index (χ1v) is 11.0. The molecule has 1 aliphatic heterocycles. The Balaban J connectivity index is 1.48. The molecule has 6 nitrogen and oxygen atoms in total. The molecule has 166 valence electrons. The molecular weight excluding hydrogens is 390 g/mol. The highest BCUT2D eigenvalue weighted by Crippen LogP contribution is 2.20. The minimum atomic E-state index is -0.0298. The lowest BCUT2D eigenvalue weighted by Gasteiger charge is -2.34. The first-order valence-electron chi connectivity index (χ1n) is 11.0. The Kier molecular flexibility index (Phi) is 7.69. The minimum Gasteiger partial charge on any atom is -0.496 e. The molecule has 31 heavy (non-hydrogen) atoms. The van der Waals surface area contributed by atoms with Gasteiger partial charge in [-0.3, -0.25) is 14.5 Å². The van der Waals surface area contributed by atoms with Crippen molar-refractivity contribution in [3.63, 3.8) is 0 Å². The van der Waals surface area contributed by atoms with Gasteiger partial charge in [0.2, 0.25) is 5.91 Å². The van der Waals surface area contributed by atoms with E-state index in [4.69, 9.17) is 4.74 Å². The molecule has 1 fully saturated rings. The lowest BCUT2D eigenvalue weighted by molar-refractivity contribution is -0.123. The monoisotopic (exact) mass is 423 g/mol. The van der Waals surface area contributed by atoms with Crippen LogP contribution in [0.3, 0.4) is 0 Å². The van der Waals surface area contributed by atoms with Crippen molar-refractivity contribution in [3.8, 4) is 5.75 Å². The van der Waals surface area contributed by atoms with Crippen LogP contribution in [-0.2, 0) is 11.2 Å². The number of piperazine rings is 1. The second-order valence-corrected chi connectivity index (χ2v) is 8.14. The minimum absolute atomic E-state index is 0.00606. The van der Waals surface area contributed by atoms with Crippen LogP contribution in [0.15, 0.2) is 42.5 Å². The first kappa shape index (κ1) is 22.8. The number of methoxy groups -OCH3 is 1. The van der Waals surface area contributed by atoms with Crippen molar-refractivity contribution in [1.29, 1.82) is 0 Å². The van der Waals surface area contributed by atoms with Gasteiger partial charge < -0.3 is 15.0 Å². The molecule has 1 saturated heterocycles. The lowest BCUT2D eigenvalue weighted by atomic mass is 10.0. The van der Waals surface area contributed by atoms with Gasteiger partial charge in [-0.05, 0) is 49.1 Å². The molecule has 1 heterocycles. The summed E-state index contributed by atoms with van der Waals surface area (Å²) < 4.78 is 5.34. The molecular formula is C25H33N3O3. The van der Waals surface area contributed by atoms with E-state index in [9.17, 15) is 9.59 Å². The molecule has 0 bridgehead atoms. The smallest absolute Gasteiger partial charge is 0.254 e. The van der Waals surface area contributed by atoms with Crippen LogP contribution in [-0.4, -0.2) is 61.4 Å². The van der Waals surface area contributed by atoms with Gasteiger partial charge in [-0.1, -0.05) is 37.3 Å².